The highest BCUT2D eigenvalue weighted by atomic mass is 35.5. The number of carbonyl (C=O) groups is 1. The standard InChI is InChI=1S/C21H23ClFN3O3/c1-25(2)17(20-14(22)7-5-8-15(20)23)13-24-19(27)11-6-12-26-16-9-3-4-10-18(16)29-21(26)28/h3-5,7-10,17H,6,11-13H2,1-2H3,(H,24,27). The Bertz CT molecular complexity index is 1040. The number of amides is 1. The number of rotatable bonds is 8. The van der Waals surface area contributed by atoms with Gasteiger partial charge in [0.1, 0.15) is 5.82 Å². The fourth-order valence-electron chi connectivity index (χ4n) is 3.29. The third-order valence-corrected chi connectivity index (χ3v) is 5.14. The summed E-state index contributed by atoms with van der Waals surface area (Å²) in [7, 11) is 3.60. The summed E-state index contributed by atoms with van der Waals surface area (Å²) in [5.74, 6) is -1.02. The van der Waals surface area contributed by atoms with E-state index in [-0.39, 0.29) is 18.9 Å². The first-order valence-corrected chi connectivity index (χ1v) is 9.71. The predicted molar refractivity (Wildman–Crippen MR) is 111 cm³/mol. The number of nitrogens with zero attached hydrogens (tertiary/aromatic N) is 2. The van der Waals surface area contributed by atoms with Crippen LogP contribution < -0.4 is 11.1 Å². The topological polar surface area (TPSA) is 67.5 Å². The average Bonchev–Trinajstić information content (AvgIpc) is 2.99. The van der Waals surface area contributed by atoms with E-state index in [1.54, 1.807) is 44.4 Å². The molecule has 0 bridgehead atoms. The SMILES string of the molecule is CN(C)C(CNC(=O)CCCn1c(=O)oc2ccccc21)c1c(F)cccc1Cl. The van der Waals surface area contributed by atoms with Gasteiger partial charge in [-0.15, -0.1) is 0 Å². The lowest BCUT2D eigenvalue weighted by atomic mass is 10.0. The largest absolute Gasteiger partial charge is 0.419 e. The van der Waals surface area contributed by atoms with Gasteiger partial charge in [0.25, 0.3) is 0 Å². The van der Waals surface area contributed by atoms with E-state index in [0.717, 1.165) is 0 Å². The summed E-state index contributed by atoms with van der Waals surface area (Å²) in [5.41, 5.74) is 1.59. The average molecular weight is 420 g/mol. The number of hydrogen-bond acceptors (Lipinski definition) is 4. The van der Waals surface area contributed by atoms with E-state index < -0.39 is 17.6 Å². The van der Waals surface area contributed by atoms with Crippen LogP contribution in [0.2, 0.25) is 5.02 Å². The third-order valence-electron chi connectivity index (χ3n) is 4.81. The molecule has 3 aromatic rings. The minimum Gasteiger partial charge on any atom is -0.408 e. The summed E-state index contributed by atoms with van der Waals surface area (Å²) in [5, 5.41) is 3.16. The fraction of sp³-hybridized carbons (Fsp3) is 0.333. The van der Waals surface area contributed by atoms with Crippen LogP contribution in [0.4, 0.5) is 4.39 Å². The Morgan fingerprint density at radius 3 is 2.72 bits per heavy atom. The molecule has 154 valence electrons. The highest BCUT2D eigenvalue weighted by Crippen LogP contribution is 2.28. The Hall–Kier alpha value is -2.64. The number of aromatic nitrogens is 1. The third kappa shape index (κ3) is 4.86. The molecule has 1 heterocycles. The summed E-state index contributed by atoms with van der Waals surface area (Å²) >= 11 is 6.17. The van der Waals surface area contributed by atoms with Crippen LogP contribution in [0.3, 0.4) is 0 Å². The second kappa shape index (κ2) is 9.24. The first-order valence-electron chi connectivity index (χ1n) is 9.34. The monoisotopic (exact) mass is 419 g/mol. The minimum absolute atomic E-state index is 0.176. The number of oxazole rings is 1. The van der Waals surface area contributed by atoms with Crippen molar-refractivity contribution in [3.63, 3.8) is 0 Å². The molecule has 0 aliphatic rings. The van der Waals surface area contributed by atoms with E-state index in [0.29, 0.717) is 34.7 Å². The van der Waals surface area contributed by atoms with Crippen molar-refractivity contribution < 1.29 is 13.6 Å². The van der Waals surface area contributed by atoms with E-state index in [9.17, 15) is 14.0 Å². The van der Waals surface area contributed by atoms with Crippen LogP contribution in [0, 0.1) is 5.82 Å². The van der Waals surface area contributed by atoms with Gasteiger partial charge in [-0.1, -0.05) is 29.8 Å². The van der Waals surface area contributed by atoms with E-state index >= 15 is 0 Å². The minimum atomic E-state index is -0.437. The number of benzene rings is 2. The molecular formula is C21H23ClFN3O3. The molecule has 1 N–H and O–H groups in total. The zero-order valence-electron chi connectivity index (χ0n) is 16.3. The number of para-hydroxylation sites is 2. The Labute approximate surface area is 172 Å². The van der Waals surface area contributed by atoms with Crippen LogP contribution in [-0.2, 0) is 11.3 Å². The van der Waals surface area contributed by atoms with Crippen LogP contribution >= 0.6 is 11.6 Å². The maximum Gasteiger partial charge on any atom is 0.419 e. The Morgan fingerprint density at radius 2 is 2.00 bits per heavy atom. The molecule has 8 heteroatoms. The first kappa shape index (κ1) is 21.1. The molecule has 6 nitrogen and oxygen atoms in total. The maximum atomic E-state index is 14.2. The molecule has 2 aromatic carbocycles. The van der Waals surface area contributed by atoms with Crippen molar-refractivity contribution in [3.8, 4) is 0 Å². The van der Waals surface area contributed by atoms with Crippen molar-refractivity contribution in [2.24, 2.45) is 0 Å². The van der Waals surface area contributed by atoms with Crippen molar-refractivity contribution in [1.82, 2.24) is 14.8 Å². The van der Waals surface area contributed by atoms with Crippen molar-refractivity contribution in [2.45, 2.75) is 25.4 Å². The normalized spacial score (nSPS) is 12.4. The van der Waals surface area contributed by atoms with Crippen molar-refractivity contribution >= 4 is 28.6 Å². The number of likely N-dealkylation sites (N-methyl/N-ethyl adjacent to an activating group) is 1. The molecule has 1 aromatic heterocycles. The molecule has 0 aliphatic heterocycles. The van der Waals surface area contributed by atoms with Gasteiger partial charge in [-0.3, -0.25) is 9.36 Å². The summed E-state index contributed by atoms with van der Waals surface area (Å²) in [6.07, 6.45) is 0.708. The maximum absolute atomic E-state index is 14.2. The van der Waals surface area contributed by atoms with E-state index in [2.05, 4.69) is 5.32 Å². The second-order valence-electron chi connectivity index (χ2n) is 7.01. The van der Waals surface area contributed by atoms with Crippen LogP contribution in [0.5, 0.6) is 0 Å². The summed E-state index contributed by atoms with van der Waals surface area (Å²) < 4.78 is 21.0. The zero-order chi connectivity index (χ0) is 21.0. The van der Waals surface area contributed by atoms with Crippen LogP contribution in [0.1, 0.15) is 24.4 Å². The smallest absolute Gasteiger partial charge is 0.408 e. The van der Waals surface area contributed by atoms with Gasteiger partial charge in [-0.2, -0.15) is 0 Å². The molecule has 0 aliphatic carbocycles. The van der Waals surface area contributed by atoms with Crippen LogP contribution in [0.15, 0.2) is 51.7 Å². The molecule has 1 unspecified atom stereocenters. The van der Waals surface area contributed by atoms with Gasteiger partial charge in [-0.25, -0.2) is 9.18 Å². The number of hydrogen-bond donors (Lipinski definition) is 1. The summed E-state index contributed by atoms with van der Waals surface area (Å²) in [4.78, 5) is 26.1. The molecular weight excluding hydrogens is 397 g/mol. The zero-order valence-corrected chi connectivity index (χ0v) is 17.1. The highest BCUT2D eigenvalue weighted by Gasteiger charge is 2.21. The lowest BCUT2D eigenvalue weighted by molar-refractivity contribution is -0.121. The van der Waals surface area contributed by atoms with Gasteiger partial charge in [0.05, 0.1) is 11.6 Å². The predicted octanol–water partition coefficient (Wildman–Crippen LogP) is 3.59. The van der Waals surface area contributed by atoms with Crippen LogP contribution in [0.25, 0.3) is 11.1 Å². The summed E-state index contributed by atoms with van der Waals surface area (Å²) in [6.45, 7) is 0.598. The Morgan fingerprint density at radius 1 is 1.24 bits per heavy atom. The van der Waals surface area contributed by atoms with Gasteiger partial charge >= 0.3 is 5.76 Å². The molecule has 29 heavy (non-hydrogen) atoms. The van der Waals surface area contributed by atoms with Crippen molar-refractivity contribution in [2.75, 3.05) is 20.6 Å². The molecule has 0 spiro atoms. The number of aryl methyl sites for hydroxylation is 1. The lowest BCUT2D eigenvalue weighted by Crippen LogP contribution is -2.35. The molecule has 3 rings (SSSR count). The van der Waals surface area contributed by atoms with Gasteiger partial charge in [0.2, 0.25) is 5.91 Å². The van der Waals surface area contributed by atoms with Gasteiger partial charge in [0, 0.05) is 30.1 Å². The van der Waals surface area contributed by atoms with Gasteiger partial charge in [0.15, 0.2) is 5.58 Å². The molecule has 0 fully saturated rings. The first-order chi connectivity index (χ1) is 13.9. The van der Waals surface area contributed by atoms with Crippen molar-refractivity contribution in [3.05, 3.63) is 69.4 Å². The molecule has 0 radical (unpaired) electrons. The highest BCUT2D eigenvalue weighted by molar-refractivity contribution is 6.31. The number of fused-ring (bicyclic) bond motifs is 1. The molecule has 1 amide bonds. The fourth-order valence-corrected chi connectivity index (χ4v) is 3.58. The number of halogens is 2. The molecule has 0 saturated carbocycles. The number of carbonyl (C=O) groups excluding carboxylic acids is 1. The lowest BCUT2D eigenvalue weighted by Gasteiger charge is -2.26. The number of nitrogens with one attached hydrogen (secondary N) is 1. The molecule has 1 atom stereocenters. The second-order valence-corrected chi connectivity index (χ2v) is 7.42. The van der Waals surface area contributed by atoms with E-state index in [1.165, 1.54) is 10.6 Å². The van der Waals surface area contributed by atoms with Crippen LogP contribution in [-0.4, -0.2) is 36.0 Å². The molecule has 0 saturated heterocycles. The van der Waals surface area contributed by atoms with Gasteiger partial charge < -0.3 is 14.6 Å². The van der Waals surface area contributed by atoms with Crippen molar-refractivity contribution in [1.29, 1.82) is 0 Å². The Balaban J connectivity index is 1.57. The summed E-state index contributed by atoms with van der Waals surface area (Å²) in [6, 6.07) is 11.3. The van der Waals surface area contributed by atoms with Gasteiger partial charge in [-0.05, 0) is 44.8 Å². The van der Waals surface area contributed by atoms with E-state index in [1.807, 2.05) is 11.0 Å². The van der Waals surface area contributed by atoms with E-state index in [4.69, 9.17) is 16.0 Å². The Kier molecular flexibility index (Phi) is 6.71. The quantitative estimate of drug-likeness (QED) is 0.606.